The van der Waals surface area contributed by atoms with E-state index in [1.54, 1.807) is 13.3 Å². The van der Waals surface area contributed by atoms with Crippen LogP contribution in [0.2, 0.25) is 0 Å². The molecule has 0 aliphatic rings. The van der Waals surface area contributed by atoms with Crippen LogP contribution in [0.4, 0.5) is 5.95 Å². The first kappa shape index (κ1) is 15.9. The van der Waals surface area contributed by atoms with E-state index in [1.165, 1.54) is 5.56 Å². The first-order valence-electron chi connectivity index (χ1n) is 7.97. The summed E-state index contributed by atoms with van der Waals surface area (Å²) in [4.78, 5) is 4.52. The van der Waals surface area contributed by atoms with Crippen molar-refractivity contribution in [3.05, 3.63) is 66.4 Å². The van der Waals surface area contributed by atoms with Crippen LogP contribution >= 0.6 is 0 Å². The Hall–Kier alpha value is -2.95. The lowest BCUT2D eigenvalue weighted by Gasteiger charge is -2.06. The fraction of sp³-hybridized carbons (Fsp3) is 0.211. The SMILES string of the molecule is COc1ccc(-c2cnnc(NCCCc3ccccc3)n2)cc1. The van der Waals surface area contributed by atoms with Crippen LogP contribution in [0, 0.1) is 0 Å². The van der Waals surface area contributed by atoms with Crippen molar-refractivity contribution in [1.29, 1.82) is 0 Å². The molecule has 1 heterocycles. The summed E-state index contributed by atoms with van der Waals surface area (Å²) in [6.07, 6.45) is 3.70. The van der Waals surface area contributed by atoms with Gasteiger partial charge in [0.1, 0.15) is 5.75 Å². The second kappa shape index (κ2) is 8.06. The Morgan fingerprint density at radius 3 is 2.54 bits per heavy atom. The van der Waals surface area contributed by atoms with Gasteiger partial charge in [0.15, 0.2) is 0 Å². The fourth-order valence-corrected chi connectivity index (χ4v) is 2.42. The van der Waals surface area contributed by atoms with Crippen molar-refractivity contribution >= 4 is 5.95 Å². The molecule has 0 fully saturated rings. The molecule has 5 nitrogen and oxygen atoms in total. The summed E-state index contributed by atoms with van der Waals surface area (Å²) in [6.45, 7) is 0.808. The van der Waals surface area contributed by atoms with E-state index in [4.69, 9.17) is 4.74 Å². The molecular weight excluding hydrogens is 300 g/mol. The van der Waals surface area contributed by atoms with E-state index in [0.717, 1.165) is 36.4 Å². The molecule has 0 amide bonds. The maximum absolute atomic E-state index is 5.17. The van der Waals surface area contributed by atoms with Gasteiger partial charge in [0.2, 0.25) is 5.95 Å². The number of rotatable bonds is 7. The van der Waals surface area contributed by atoms with Crippen molar-refractivity contribution in [2.75, 3.05) is 19.0 Å². The van der Waals surface area contributed by atoms with E-state index < -0.39 is 0 Å². The molecular formula is C19H20N4O. The van der Waals surface area contributed by atoms with Crippen LogP contribution < -0.4 is 10.1 Å². The highest BCUT2D eigenvalue weighted by molar-refractivity contribution is 5.60. The average Bonchev–Trinajstić information content (AvgIpc) is 2.66. The number of anilines is 1. The maximum atomic E-state index is 5.17. The third-order valence-electron chi connectivity index (χ3n) is 3.71. The molecule has 3 rings (SSSR count). The van der Waals surface area contributed by atoms with Gasteiger partial charge in [-0.2, -0.15) is 5.10 Å². The smallest absolute Gasteiger partial charge is 0.243 e. The lowest BCUT2D eigenvalue weighted by Crippen LogP contribution is -2.07. The Bertz CT molecular complexity index is 760. The minimum Gasteiger partial charge on any atom is -0.497 e. The molecule has 0 aliphatic heterocycles. The number of ether oxygens (including phenoxy) is 1. The molecule has 0 atom stereocenters. The average molecular weight is 320 g/mol. The number of hydrogen-bond donors (Lipinski definition) is 1. The number of aryl methyl sites for hydroxylation is 1. The zero-order valence-electron chi connectivity index (χ0n) is 13.6. The van der Waals surface area contributed by atoms with Gasteiger partial charge in [-0.1, -0.05) is 30.3 Å². The molecule has 0 bridgehead atoms. The minimum absolute atomic E-state index is 0.552. The first-order valence-corrected chi connectivity index (χ1v) is 7.97. The van der Waals surface area contributed by atoms with Gasteiger partial charge in [0, 0.05) is 12.1 Å². The molecule has 0 radical (unpaired) electrons. The summed E-state index contributed by atoms with van der Waals surface area (Å²) in [5.74, 6) is 1.37. The van der Waals surface area contributed by atoms with E-state index in [-0.39, 0.29) is 0 Å². The van der Waals surface area contributed by atoms with Crippen molar-refractivity contribution < 1.29 is 4.74 Å². The van der Waals surface area contributed by atoms with Crippen molar-refractivity contribution in [2.24, 2.45) is 0 Å². The van der Waals surface area contributed by atoms with Crippen molar-refractivity contribution in [3.63, 3.8) is 0 Å². The van der Waals surface area contributed by atoms with E-state index in [2.05, 4.69) is 44.8 Å². The molecule has 0 aliphatic carbocycles. The molecule has 0 spiro atoms. The Balaban J connectivity index is 1.56. The standard InChI is InChI=1S/C19H20N4O/c1-24-17-11-9-16(10-12-17)18-14-21-23-19(22-18)20-13-5-8-15-6-3-2-4-7-15/h2-4,6-7,9-12,14H,5,8,13H2,1H3,(H,20,22,23). The number of benzene rings is 2. The molecule has 24 heavy (non-hydrogen) atoms. The monoisotopic (exact) mass is 320 g/mol. The number of nitrogens with one attached hydrogen (secondary N) is 1. The molecule has 2 aromatic carbocycles. The molecule has 122 valence electrons. The second-order valence-electron chi connectivity index (χ2n) is 5.41. The number of nitrogens with zero attached hydrogens (tertiary/aromatic N) is 3. The molecule has 1 N–H and O–H groups in total. The van der Waals surface area contributed by atoms with Gasteiger partial charge < -0.3 is 10.1 Å². The summed E-state index contributed by atoms with van der Waals surface area (Å²) < 4.78 is 5.17. The lowest BCUT2D eigenvalue weighted by molar-refractivity contribution is 0.415. The largest absolute Gasteiger partial charge is 0.497 e. The summed E-state index contributed by atoms with van der Waals surface area (Å²) in [6, 6.07) is 18.2. The lowest BCUT2D eigenvalue weighted by atomic mass is 10.1. The van der Waals surface area contributed by atoms with Gasteiger partial charge in [-0.05, 0) is 42.7 Å². The van der Waals surface area contributed by atoms with Gasteiger partial charge >= 0.3 is 0 Å². The quantitative estimate of drug-likeness (QED) is 0.674. The minimum atomic E-state index is 0.552. The van der Waals surface area contributed by atoms with Crippen LogP contribution in [-0.2, 0) is 6.42 Å². The zero-order chi connectivity index (χ0) is 16.6. The zero-order valence-corrected chi connectivity index (χ0v) is 13.6. The van der Waals surface area contributed by atoms with Crippen molar-refractivity contribution in [1.82, 2.24) is 15.2 Å². The molecule has 5 heteroatoms. The molecule has 3 aromatic rings. The Morgan fingerprint density at radius 2 is 1.79 bits per heavy atom. The number of aromatic nitrogens is 3. The molecule has 0 unspecified atom stereocenters. The summed E-state index contributed by atoms with van der Waals surface area (Å²) in [5, 5.41) is 11.3. The topological polar surface area (TPSA) is 59.9 Å². The highest BCUT2D eigenvalue weighted by Crippen LogP contribution is 2.20. The summed E-state index contributed by atoms with van der Waals surface area (Å²) in [5.41, 5.74) is 3.11. The van der Waals surface area contributed by atoms with Crippen LogP contribution in [0.25, 0.3) is 11.3 Å². The van der Waals surface area contributed by atoms with Crippen LogP contribution in [0.3, 0.4) is 0 Å². The van der Waals surface area contributed by atoms with Crippen molar-refractivity contribution in [3.8, 4) is 17.0 Å². The van der Waals surface area contributed by atoms with Crippen molar-refractivity contribution in [2.45, 2.75) is 12.8 Å². The third kappa shape index (κ3) is 4.29. The van der Waals surface area contributed by atoms with Gasteiger partial charge in [-0.25, -0.2) is 4.98 Å². The normalized spacial score (nSPS) is 10.4. The highest BCUT2D eigenvalue weighted by Gasteiger charge is 2.03. The van der Waals surface area contributed by atoms with Crippen LogP contribution in [0.5, 0.6) is 5.75 Å². The fourth-order valence-electron chi connectivity index (χ4n) is 2.42. The van der Waals surface area contributed by atoms with E-state index in [9.17, 15) is 0 Å². The predicted octanol–water partition coefficient (Wildman–Crippen LogP) is 3.59. The number of methoxy groups -OCH3 is 1. The summed E-state index contributed by atoms with van der Waals surface area (Å²) >= 11 is 0. The van der Waals surface area contributed by atoms with E-state index in [1.807, 2.05) is 30.3 Å². The second-order valence-corrected chi connectivity index (χ2v) is 5.41. The Kier molecular flexibility index (Phi) is 5.35. The molecule has 0 saturated heterocycles. The summed E-state index contributed by atoms with van der Waals surface area (Å²) in [7, 11) is 1.65. The number of hydrogen-bond acceptors (Lipinski definition) is 5. The molecule has 0 saturated carbocycles. The first-order chi connectivity index (χ1) is 11.8. The van der Waals surface area contributed by atoms with Gasteiger partial charge in [-0.15, -0.1) is 5.10 Å². The van der Waals surface area contributed by atoms with Gasteiger partial charge in [0.25, 0.3) is 0 Å². The van der Waals surface area contributed by atoms with Crippen LogP contribution in [0.1, 0.15) is 12.0 Å². The van der Waals surface area contributed by atoms with E-state index in [0.29, 0.717) is 5.95 Å². The van der Waals surface area contributed by atoms with E-state index >= 15 is 0 Å². The maximum Gasteiger partial charge on any atom is 0.243 e. The Morgan fingerprint density at radius 1 is 1.00 bits per heavy atom. The van der Waals surface area contributed by atoms with Crippen LogP contribution in [0.15, 0.2) is 60.8 Å². The van der Waals surface area contributed by atoms with Crippen LogP contribution in [-0.4, -0.2) is 28.8 Å². The van der Waals surface area contributed by atoms with Gasteiger partial charge in [-0.3, -0.25) is 0 Å². The highest BCUT2D eigenvalue weighted by atomic mass is 16.5. The van der Waals surface area contributed by atoms with Gasteiger partial charge in [0.05, 0.1) is 19.0 Å². The Labute approximate surface area is 141 Å². The third-order valence-corrected chi connectivity index (χ3v) is 3.71. The molecule has 1 aromatic heterocycles. The predicted molar refractivity (Wildman–Crippen MR) is 95.1 cm³/mol.